The number of ether oxygens (including phenoxy) is 1. The molecule has 0 atom stereocenters. The van der Waals surface area contributed by atoms with Crippen LogP contribution in [0, 0.1) is 0 Å². The van der Waals surface area contributed by atoms with Crippen LogP contribution in [0.5, 0.6) is 0 Å². The van der Waals surface area contributed by atoms with Gasteiger partial charge in [0, 0.05) is 24.9 Å². The molecule has 7 nitrogen and oxygen atoms in total. The molecule has 2 aromatic carbocycles. The van der Waals surface area contributed by atoms with Gasteiger partial charge in [0.05, 0.1) is 22.5 Å². The molecule has 0 spiro atoms. The van der Waals surface area contributed by atoms with E-state index in [1.807, 2.05) is 0 Å². The summed E-state index contributed by atoms with van der Waals surface area (Å²) >= 11 is 1.02. The van der Waals surface area contributed by atoms with Crippen LogP contribution in [0.2, 0.25) is 0 Å². The third kappa shape index (κ3) is 6.16. The van der Waals surface area contributed by atoms with E-state index in [0.29, 0.717) is 11.4 Å². The predicted octanol–water partition coefficient (Wildman–Crippen LogP) is 5.16. The lowest BCUT2D eigenvalue weighted by atomic mass is 10.2. The van der Waals surface area contributed by atoms with Crippen molar-refractivity contribution < 1.29 is 32.3 Å². The minimum atomic E-state index is -4.56. The summed E-state index contributed by atoms with van der Waals surface area (Å²) in [6.07, 6.45) is -4.56. The van der Waals surface area contributed by atoms with E-state index in [2.05, 4.69) is 10.3 Å². The number of thiazole rings is 1. The lowest BCUT2D eigenvalue weighted by Gasteiger charge is -2.19. The lowest BCUT2D eigenvalue weighted by Crippen LogP contribution is -2.23. The molecular formula is C22H18F3N3O4S. The van der Waals surface area contributed by atoms with Crippen LogP contribution < -0.4 is 10.2 Å². The van der Waals surface area contributed by atoms with Crippen LogP contribution in [0.3, 0.4) is 0 Å². The molecule has 0 aliphatic heterocycles. The maximum Gasteiger partial charge on any atom is 0.416 e. The van der Waals surface area contributed by atoms with Gasteiger partial charge in [0.2, 0.25) is 11.8 Å². The van der Waals surface area contributed by atoms with Crippen LogP contribution in [-0.2, 0) is 27.1 Å². The molecule has 172 valence electrons. The van der Waals surface area contributed by atoms with Crippen molar-refractivity contribution in [3.05, 3.63) is 70.7 Å². The summed E-state index contributed by atoms with van der Waals surface area (Å²) in [7, 11) is 0. The first-order valence-corrected chi connectivity index (χ1v) is 10.4. The van der Waals surface area contributed by atoms with Crippen LogP contribution in [0.25, 0.3) is 0 Å². The zero-order valence-electron chi connectivity index (χ0n) is 17.5. The van der Waals surface area contributed by atoms with E-state index in [-0.39, 0.29) is 28.9 Å². The molecular weight excluding hydrogens is 459 g/mol. The van der Waals surface area contributed by atoms with E-state index < -0.39 is 23.6 Å². The topological polar surface area (TPSA) is 88.6 Å². The summed E-state index contributed by atoms with van der Waals surface area (Å²) in [4.78, 5) is 40.9. The number of benzene rings is 2. The van der Waals surface area contributed by atoms with Crippen molar-refractivity contribution in [2.75, 3.05) is 10.2 Å². The van der Waals surface area contributed by atoms with Gasteiger partial charge in [0.25, 0.3) is 0 Å². The fraction of sp³-hybridized carbons (Fsp3) is 0.182. The van der Waals surface area contributed by atoms with E-state index in [4.69, 9.17) is 4.74 Å². The number of nitrogens with zero attached hydrogens (tertiary/aromatic N) is 2. The molecule has 0 saturated carbocycles. The van der Waals surface area contributed by atoms with Crippen molar-refractivity contribution in [1.82, 2.24) is 4.98 Å². The minimum Gasteiger partial charge on any atom is -0.456 e. The van der Waals surface area contributed by atoms with Gasteiger partial charge in [-0.3, -0.25) is 14.5 Å². The number of carbonyl (C=O) groups is 3. The quantitative estimate of drug-likeness (QED) is 0.496. The monoisotopic (exact) mass is 477 g/mol. The molecule has 0 aliphatic carbocycles. The van der Waals surface area contributed by atoms with E-state index >= 15 is 0 Å². The van der Waals surface area contributed by atoms with Crippen molar-refractivity contribution in [3.63, 3.8) is 0 Å². The Bertz CT molecular complexity index is 1190. The largest absolute Gasteiger partial charge is 0.456 e. The summed E-state index contributed by atoms with van der Waals surface area (Å²) in [5, 5.41) is 4.24. The summed E-state index contributed by atoms with van der Waals surface area (Å²) in [5.74, 6) is -1.47. The molecule has 0 saturated heterocycles. The Balaban J connectivity index is 1.74. The molecule has 1 heterocycles. The smallest absolute Gasteiger partial charge is 0.416 e. The maximum absolute atomic E-state index is 13.1. The molecule has 2 amide bonds. The average Bonchev–Trinajstić information content (AvgIpc) is 3.19. The fourth-order valence-electron chi connectivity index (χ4n) is 2.86. The van der Waals surface area contributed by atoms with Crippen molar-refractivity contribution in [2.45, 2.75) is 26.6 Å². The molecule has 0 unspecified atom stereocenters. The van der Waals surface area contributed by atoms with Crippen LogP contribution in [-0.4, -0.2) is 22.8 Å². The fourth-order valence-corrected chi connectivity index (χ4v) is 3.74. The second-order valence-electron chi connectivity index (χ2n) is 6.86. The Labute approximate surface area is 190 Å². The Kier molecular flexibility index (Phi) is 7.12. The van der Waals surface area contributed by atoms with Gasteiger partial charge in [-0.2, -0.15) is 13.2 Å². The number of rotatable bonds is 6. The summed E-state index contributed by atoms with van der Waals surface area (Å²) in [6.45, 7) is 2.34. The summed E-state index contributed by atoms with van der Waals surface area (Å²) in [5.41, 5.74) is 0.0974. The number of carbonyl (C=O) groups excluding carboxylic acids is 3. The van der Waals surface area contributed by atoms with Crippen LogP contribution in [0.15, 0.2) is 53.9 Å². The molecule has 33 heavy (non-hydrogen) atoms. The van der Waals surface area contributed by atoms with Gasteiger partial charge < -0.3 is 10.1 Å². The predicted molar refractivity (Wildman–Crippen MR) is 116 cm³/mol. The zero-order chi connectivity index (χ0) is 24.2. The highest BCUT2D eigenvalue weighted by atomic mass is 32.1. The van der Waals surface area contributed by atoms with Crippen molar-refractivity contribution in [1.29, 1.82) is 0 Å². The first-order chi connectivity index (χ1) is 15.5. The van der Waals surface area contributed by atoms with Gasteiger partial charge in [-0.25, -0.2) is 9.78 Å². The van der Waals surface area contributed by atoms with E-state index in [9.17, 15) is 27.6 Å². The van der Waals surface area contributed by atoms with Crippen molar-refractivity contribution in [3.8, 4) is 0 Å². The number of aromatic nitrogens is 1. The average molecular weight is 477 g/mol. The molecule has 0 fully saturated rings. The van der Waals surface area contributed by atoms with Gasteiger partial charge in [-0.05, 0) is 36.4 Å². The maximum atomic E-state index is 13.1. The van der Waals surface area contributed by atoms with E-state index in [1.54, 1.807) is 17.5 Å². The number of hydrogen-bond acceptors (Lipinski definition) is 6. The van der Waals surface area contributed by atoms with Crippen LogP contribution in [0.1, 0.15) is 35.5 Å². The Hall–Kier alpha value is -3.73. The third-order valence-electron chi connectivity index (χ3n) is 4.25. The second kappa shape index (κ2) is 9.82. The number of anilines is 3. The number of nitrogens with one attached hydrogen (secondary N) is 1. The van der Waals surface area contributed by atoms with Gasteiger partial charge in [-0.15, -0.1) is 11.3 Å². The standard InChI is InChI=1S/C22H18F3N3O4S/c1-13(29)26-17-7-3-5-15(9-17)20(31)32-11-18-12-33-21(27-18)28(14(2)30)19-8-4-6-16(10-19)22(23,24)25/h3-10,12H,11H2,1-2H3,(H,26,29). The van der Waals surface area contributed by atoms with E-state index in [0.717, 1.165) is 28.4 Å². The van der Waals surface area contributed by atoms with Crippen LogP contribution >= 0.6 is 11.3 Å². The van der Waals surface area contributed by atoms with E-state index in [1.165, 1.54) is 38.1 Å². The van der Waals surface area contributed by atoms with Gasteiger partial charge >= 0.3 is 12.1 Å². The van der Waals surface area contributed by atoms with Gasteiger partial charge in [0.1, 0.15) is 6.61 Å². The third-order valence-corrected chi connectivity index (χ3v) is 5.12. The molecule has 11 heteroatoms. The van der Waals surface area contributed by atoms with Crippen LogP contribution in [0.4, 0.5) is 29.7 Å². The van der Waals surface area contributed by atoms with Crippen molar-refractivity contribution in [2.24, 2.45) is 0 Å². The Morgan fingerprint density at radius 1 is 1.09 bits per heavy atom. The molecule has 0 bridgehead atoms. The minimum absolute atomic E-state index is 0.0185. The van der Waals surface area contributed by atoms with Gasteiger partial charge in [0.15, 0.2) is 5.13 Å². The van der Waals surface area contributed by atoms with Crippen molar-refractivity contribution >= 4 is 45.6 Å². The number of alkyl halides is 3. The zero-order valence-corrected chi connectivity index (χ0v) is 18.3. The molecule has 0 aliphatic rings. The lowest BCUT2D eigenvalue weighted by molar-refractivity contribution is -0.137. The highest BCUT2D eigenvalue weighted by Gasteiger charge is 2.31. The molecule has 1 aromatic heterocycles. The highest BCUT2D eigenvalue weighted by molar-refractivity contribution is 7.14. The Morgan fingerprint density at radius 3 is 2.48 bits per heavy atom. The number of esters is 1. The Morgan fingerprint density at radius 2 is 1.82 bits per heavy atom. The molecule has 1 N–H and O–H groups in total. The molecule has 0 radical (unpaired) electrons. The highest BCUT2D eigenvalue weighted by Crippen LogP contribution is 2.35. The number of amides is 2. The second-order valence-corrected chi connectivity index (χ2v) is 7.70. The molecule has 3 aromatic rings. The summed E-state index contributed by atoms with van der Waals surface area (Å²) < 4.78 is 44.4. The first-order valence-electron chi connectivity index (χ1n) is 9.51. The normalized spacial score (nSPS) is 11.1. The summed E-state index contributed by atoms with van der Waals surface area (Å²) in [6, 6.07) is 10.5. The van der Waals surface area contributed by atoms with Gasteiger partial charge in [-0.1, -0.05) is 12.1 Å². The first kappa shape index (κ1) is 23.9. The number of hydrogen-bond donors (Lipinski definition) is 1. The number of halogens is 3. The molecule has 3 rings (SSSR count). The SMILES string of the molecule is CC(=O)Nc1cccc(C(=O)OCc2csc(N(C(C)=O)c3cccc(C(F)(F)F)c3)n2)c1.